The van der Waals surface area contributed by atoms with Gasteiger partial charge in [-0.2, -0.15) is 4.98 Å². The van der Waals surface area contributed by atoms with Crippen molar-refractivity contribution in [3.8, 4) is 11.4 Å². The number of hydrogen-bond donors (Lipinski definition) is 0. The van der Waals surface area contributed by atoms with Gasteiger partial charge in [0.2, 0.25) is 11.7 Å². The summed E-state index contributed by atoms with van der Waals surface area (Å²) in [5.41, 5.74) is 2.12. The molecule has 0 saturated heterocycles. The molecule has 4 nitrogen and oxygen atoms in total. The molecule has 0 aliphatic rings. The minimum Gasteiger partial charge on any atom is -0.339 e. The van der Waals surface area contributed by atoms with Gasteiger partial charge in [-0.3, -0.25) is 0 Å². The summed E-state index contributed by atoms with van der Waals surface area (Å²) in [5.74, 6) is 0.418. The number of aryl methyl sites for hydroxylation is 2. The van der Waals surface area contributed by atoms with Crippen molar-refractivity contribution in [2.24, 2.45) is 0 Å². The maximum atomic E-state index is 13.7. The second-order valence-electron chi connectivity index (χ2n) is 6.45. The lowest BCUT2D eigenvalue weighted by atomic mass is 10.1. The van der Waals surface area contributed by atoms with E-state index in [1.165, 1.54) is 12.1 Å². The van der Waals surface area contributed by atoms with Crippen LogP contribution < -0.4 is 0 Å². The van der Waals surface area contributed by atoms with Gasteiger partial charge >= 0.3 is 0 Å². The third-order valence-corrected chi connectivity index (χ3v) is 4.17. The van der Waals surface area contributed by atoms with Gasteiger partial charge in [-0.15, -0.1) is 0 Å². The number of aromatic nitrogens is 2. The summed E-state index contributed by atoms with van der Waals surface area (Å²) in [6.07, 6.45) is 1.46. The Balaban J connectivity index is 1.51. The fourth-order valence-electron chi connectivity index (χ4n) is 2.73. The molecule has 0 atom stereocenters. The second kappa shape index (κ2) is 8.19. The largest absolute Gasteiger partial charge is 0.339 e. The van der Waals surface area contributed by atoms with E-state index in [9.17, 15) is 8.78 Å². The van der Waals surface area contributed by atoms with Gasteiger partial charge in [0.15, 0.2) is 0 Å². The number of nitrogens with zero attached hydrogens (tertiary/aromatic N) is 3. The molecule has 0 spiro atoms. The third kappa shape index (κ3) is 4.73. The Morgan fingerprint density at radius 2 is 1.96 bits per heavy atom. The van der Waals surface area contributed by atoms with E-state index in [2.05, 4.69) is 15.0 Å². The minimum absolute atomic E-state index is 0.221. The van der Waals surface area contributed by atoms with Crippen LogP contribution in [0, 0.1) is 18.6 Å². The number of hydrogen-bond acceptors (Lipinski definition) is 4. The Labute approximate surface area is 151 Å². The van der Waals surface area contributed by atoms with Crippen molar-refractivity contribution in [3.63, 3.8) is 0 Å². The van der Waals surface area contributed by atoms with Gasteiger partial charge in [0, 0.05) is 18.5 Å². The molecule has 1 aromatic heterocycles. The molecule has 0 radical (unpaired) electrons. The molecule has 136 valence electrons. The first-order valence-corrected chi connectivity index (χ1v) is 8.53. The predicted octanol–water partition coefficient (Wildman–Crippen LogP) is 4.39. The van der Waals surface area contributed by atoms with Gasteiger partial charge in [-0.25, -0.2) is 8.78 Å². The predicted molar refractivity (Wildman–Crippen MR) is 95.5 cm³/mol. The lowest BCUT2D eigenvalue weighted by molar-refractivity contribution is 0.309. The zero-order valence-electron chi connectivity index (χ0n) is 14.9. The first kappa shape index (κ1) is 18.2. The maximum Gasteiger partial charge on any atom is 0.227 e. The molecule has 6 heteroatoms. The Kier molecular flexibility index (Phi) is 5.73. The van der Waals surface area contributed by atoms with Crippen LogP contribution in [0.1, 0.15) is 23.4 Å². The normalized spacial score (nSPS) is 11.3. The molecule has 0 unspecified atom stereocenters. The fraction of sp³-hybridized carbons (Fsp3) is 0.300. The van der Waals surface area contributed by atoms with Gasteiger partial charge in [0.1, 0.15) is 11.6 Å². The van der Waals surface area contributed by atoms with Crippen molar-refractivity contribution < 1.29 is 13.3 Å². The van der Waals surface area contributed by atoms with Crippen molar-refractivity contribution >= 4 is 0 Å². The van der Waals surface area contributed by atoms with Crippen LogP contribution in [-0.4, -0.2) is 28.6 Å². The van der Waals surface area contributed by atoms with E-state index in [-0.39, 0.29) is 11.6 Å². The smallest absolute Gasteiger partial charge is 0.227 e. The van der Waals surface area contributed by atoms with E-state index in [1.54, 1.807) is 31.2 Å². The molecule has 3 aromatic rings. The molecule has 1 heterocycles. The molecule has 0 fully saturated rings. The summed E-state index contributed by atoms with van der Waals surface area (Å²) < 4.78 is 32.1. The average Bonchev–Trinajstić information content (AvgIpc) is 3.06. The third-order valence-electron chi connectivity index (χ3n) is 4.17. The summed E-state index contributed by atoms with van der Waals surface area (Å²) in [7, 11) is 1.99. The molecule has 0 bridgehead atoms. The Hall–Kier alpha value is -2.60. The molecule has 0 aliphatic heterocycles. The number of halogens is 2. The summed E-state index contributed by atoms with van der Waals surface area (Å²) in [6, 6.07) is 11.5. The highest BCUT2D eigenvalue weighted by molar-refractivity contribution is 5.54. The zero-order valence-corrected chi connectivity index (χ0v) is 14.9. The highest BCUT2D eigenvalue weighted by Crippen LogP contribution is 2.19. The SMILES string of the molecule is Cc1ccc(-c2noc(CCCN(C)Cc3cccc(F)c3)n2)cc1F. The van der Waals surface area contributed by atoms with Gasteiger partial charge in [0.05, 0.1) is 0 Å². The van der Waals surface area contributed by atoms with Crippen LogP contribution in [0.15, 0.2) is 47.0 Å². The van der Waals surface area contributed by atoms with Crippen LogP contribution in [-0.2, 0) is 13.0 Å². The van der Waals surface area contributed by atoms with Crippen LogP contribution >= 0.6 is 0 Å². The lowest BCUT2D eigenvalue weighted by Crippen LogP contribution is -2.19. The second-order valence-corrected chi connectivity index (χ2v) is 6.45. The summed E-state index contributed by atoms with van der Waals surface area (Å²) in [4.78, 5) is 6.44. The molecule has 3 rings (SSSR count). The van der Waals surface area contributed by atoms with Crippen molar-refractivity contribution in [2.75, 3.05) is 13.6 Å². The minimum atomic E-state index is -0.284. The first-order chi connectivity index (χ1) is 12.5. The molecule has 0 saturated carbocycles. The van der Waals surface area contributed by atoms with Crippen LogP contribution in [0.2, 0.25) is 0 Å². The Bertz CT molecular complexity index is 879. The maximum absolute atomic E-state index is 13.7. The molecule has 0 N–H and O–H groups in total. The number of benzene rings is 2. The van der Waals surface area contributed by atoms with Gasteiger partial charge < -0.3 is 9.42 Å². The van der Waals surface area contributed by atoms with Gasteiger partial charge in [-0.1, -0.05) is 29.4 Å². The summed E-state index contributed by atoms with van der Waals surface area (Å²) >= 11 is 0. The Morgan fingerprint density at radius 3 is 2.73 bits per heavy atom. The topological polar surface area (TPSA) is 42.2 Å². The average molecular weight is 357 g/mol. The van der Waals surface area contributed by atoms with E-state index in [4.69, 9.17) is 4.52 Å². The molecule has 2 aromatic carbocycles. The standard InChI is InChI=1S/C20H21F2N3O/c1-14-8-9-16(12-18(14)22)20-23-19(26-24-20)7-4-10-25(2)13-15-5-3-6-17(21)11-15/h3,5-6,8-9,11-12H,4,7,10,13H2,1-2H3. The van der Waals surface area contributed by atoms with Gasteiger partial charge in [-0.05, 0) is 56.3 Å². The zero-order chi connectivity index (χ0) is 18.5. The van der Waals surface area contributed by atoms with Crippen molar-refractivity contribution in [1.29, 1.82) is 0 Å². The van der Waals surface area contributed by atoms with E-state index in [0.29, 0.717) is 35.8 Å². The first-order valence-electron chi connectivity index (χ1n) is 8.53. The lowest BCUT2D eigenvalue weighted by Gasteiger charge is -2.16. The van der Waals surface area contributed by atoms with Crippen molar-refractivity contribution in [1.82, 2.24) is 15.0 Å². The van der Waals surface area contributed by atoms with E-state index in [1.807, 2.05) is 13.1 Å². The molecular weight excluding hydrogens is 336 g/mol. The van der Waals surface area contributed by atoms with Crippen LogP contribution in [0.5, 0.6) is 0 Å². The van der Waals surface area contributed by atoms with E-state index < -0.39 is 0 Å². The summed E-state index contributed by atoms with van der Waals surface area (Å²) in [5, 5.41) is 3.92. The summed E-state index contributed by atoms with van der Waals surface area (Å²) in [6.45, 7) is 3.20. The monoisotopic (exact) mass is 357 g/mol. The quantitative estimate of drug-likeness (QED) is 0.629. The van der Waals surface area contributed by atoms with E-state index in [0.717, 1.165) is 18.5 Å². The molecule has 0 amide bonds. The van der Waals surface area contributed by atoms with Crippen LogP contribution in [0.25, 0.3) is 11.4 Å². The van der Waals surface area contributed by atoms with E-state index >= 15 is 0 Å². The van der Waals surface area contributed by atoms with Gasteiger partial charge in [0.25, 0.3) is 0 Å². The molecular formula is C20H21F2N3O. The molecule has 26 heavy (non-hydrogen) atoms. The Morgan fingerprint density at radius 1 is 1.12 bits per heavy atom. The van der Waals surface area contributed by atoms with Crippen LogP contribution in [0.4, 0.5) is 8.78 Å². The number of rotatable bonds is 7. The fourth-order valence-corrected chi connectivity index (χ4v) is 2.73. The molecule has 0 aliphatic carbocycles. The van der Waals surface area contributed by atoms with Crippen LogP contribution in [0.3, 0.4) is 0 Å². The highest BCUT2D eigenvalue weighted by Gasteiger charge is 2.11. The highest BCUT2D eigenvalue weighted by atomic mass is 19.1. The van der Waals surface area contributed by atoms with Crippen molar-refractivity contribution in [3.05, 3.63) is 71.1 Å². The van der Waals surface area contributed by atoms with Crippen molar-refractivity contribution in [2.45, 2.75) is 26.3 Å².